The van der Waals surface area contributed by atoms with Gasteiger partial charge in [-0.25, -0.2) is 4.79 Å². The summed E-state index contributed by atoms with van der Waals surface area (Å²) >= 11 is 0. The SMILES string of the molecule is CN(C)C1=CC(=O)C2=C(C(=O)c3c(O)oc4cc(N(C)C)cc(O)c34)C(=O)OC2=C1. The van der Waals surface area contributed by atoms with E-state index in [1.165, 1.54) is 24.3 Å². The molecule has 2 aromatic rings. The molecule has 154 valence electrons. The largest absolute Gasteiger partial charge is 0.507 e. The first-order valence-electron chi connectivity index (χ1n) is 8.92. The van der Waals surface area contributed by atoms with Crippen molar-refractivity contribution in [3.05, 3.63) is 52.5 Å². The molecule has 1 aliphatic heterocycles. The molecule has 0 amide bonds. The number of carbonyl (C=O) groups excluding carboxylic acids is 3. The molecule has 0 radical (unpaired) electrons. The molecule has 0 bridgehead atoms. The molecule has 0 unspecified atom stereocenters. The van der Waals surface area contributed by atoms with E-state index in [1.807, 2.05) is 0 Å². The number of anilines is 1. The van der Waals surface area contributed by atoms with Crippen LogP contribution in [0.15, 0.2) is 51.3 Å². The van der Waals surface area contributed by atoms with Gasteiger partial charge in [-0.2, -0.15) is 0 Å². The third-order valence-corrected chi connectivity index (χ3v) is 4.93. The van der Waals surface area contributed by atoms with E-state index in [0.29, 0.717) is 11.4 Å². The van der Waals surface area contributed by atoms with Crippen LogP contribution in [0.1, 0.15) is 10.4 Å². The summed E-state index contributed by atoms with van der Waals surface area (Å²) in [5.74, 6) is -3.69. The number of esters is 1. The number of hydrogen-bond acceptors (Lipinski definition) is 9. The highest BCUT2D eigenvalue weighted by atomic mass is 16.5. The maximum absolute atomic E-state index is 13.2. The molecule has 2 heterocycles. The summed E-state index contributed by atoms with van der Waals surface area (Å²) < 4.78 is 10.4. The number of Topliss-reactive ketones (excluding diaryl/α,β-unsaturated/α-hetero) is 1. The molecule has 1 aromatic heterocycles. The van der Waals surface area contributed by atoms with Crippen LogP contribution in [0.4, 0.5) is 5.69 Å². The summed E-state index contributed by atoms with van der Waals surface area (Å²) in [5, 5.41) is 20.7. The van der Waals surface area contributed by atoms with Gasteiger partial charge in [0.05, 0.1) is 11.0 Å². The van der Waals surface area contributed by atoms with Gasteiger partial charge >= 0.3 is 5.97 Å². The summed E-state index contributed by atoms with van der Waals surface area (Å²) in [6, 6.07) is 2.92. The Morgan fingerprint density at radius 2 is 1.70 bits per heavy atom. The van der Waals surface area contributed by atoms with Gasteiger partial charge in [-0.05, 0) is 0 Å². The van der Waals surface area contributed by atoms with Gasteiger partial charge in [0, 0.05) is 63.9 Å². The summed E-state index contributed by atoms with van der Waals surface area (Å²) in [7, 11) is 6.92. The van der Waals surface area contributed by atoms with E-state index in [1.54, 1.807) is 38.0 Å². The van der Waals surface area contributed by atoms with E-state index in [-0.39, 0.29) is 28.1 Å². The summed E-state index contributed by atoms with van der Waals surface area (Å²) in [6.07, 6.45) is 2.76. The number of hydrogen-bond donors (Lipinski definition) is 2. The molecule has 9 nitrogen and oxygen atoms in total. The van der Waals surface area contributed by atoms with Gasteiger partial charge in [-0.1, -0.05) is 0 Å². The molecule has 1 aliphatic carbocycles. The van der Waals surface area contributed by atoms with Crippen molar-refractivity contribution in [2.45, 2.75) is 0 Å². The van der Waals surface area contributed by atoms with Crippen LogP contribution in [0.5, 0.6) is 11.7 Å². The van der Waals surface area contributed by atoms with Crippen LogP contribution in [0, 0.1) is 0 Å². The normalized spacial score (nSPS) is 15.7. The molecule has 1 aromatic carbocycles. The fourth-order valence-corrected chi connectivity index (χ4v) is 3.39. The molecule has 0 atom stereocenters. The van der Waals surface area contributed by atoms with Gasteiger partial charge in [0.1, 0.15) is 28.2 Å². The molecule has 2 aliphatic rings. The summed E-state index contributed by atoms with van der Waals surface area (Å²) in [5.41, 5.74) is 0.0127. The van der Waals surface area contributed by atoms with E-state index in [9.17, 15) is 24.6 Å². The smallest absolute Gasteiger partial charge is 0.348 e. The molecular formula is C21H18N2O7. The van der Waals surface area contributed by atoms with Gasteiger partial charge < -0.3 is 29.2 Å². The van der Waals surface area contributed by atoms with Crippen molar-refractivity contribution in [2.24, 2.45) is 0 Å². The molecule has 2 N–H and O–H groups in total. The van der Waals surface area contributed by atoms with Crippen LogP contribution in [-0.4, -0.2) is 60.8 Å². The topological polar surface area (TPSA) is 121 Å². The van der Waals surface area contributed by atoms with E-state index in [0.717, 1.165) is 0 Å². The van der Waals surface area contributed by atoms with Gasteiger partial charge in [-0.3, -0.25) is 9.59 Å². The molecule has 30 heavy (non-hydrogen) atoms. The number of benzene rings is 1. The number of fused-ring (bicyclic) bond motifs is 2. The van der Waals surface area contributed by atoms with Crippen LogP contribution in [-0.2, 0) is 14.3 Å². The Labute approximate surface area is 170 Å². The lowest BCUT2D eigenvalue weighted by Gasteiger charge is -2.17. The second kappa shape index (κ2) is 6.51. The Morgan fingerprint density at radius 1 is 1.00 bits per heavy atom. The highest BCUT2D eigenvalue weighted by Gasteiger charge is 2.42. The number of aromatic hydroxyl groups is 2. The molecular weight excluding hydrogens is 392 g/mol. The van der Waals surface area contributed by atoms with E-state index >= 15 is 0 Å². The number of carbonyl (C=O) groups is 3. The van der Waals surface area contributed by atoms with Crippen molar-refractivity contribution >= 4 is 34.2 Å². The standard InChI is InChI=1S/C21H18N2O7/c1-22(2)9-5-11(24)15-13(7-9)29-20(27)17(15)19(26)18-16-12(25)6-10(23(3)4)8-14(16)30-21(18)28/h5-8,24,27H,1-4H3. The molecule has 0 saturated heterocycles. The first kappa shape index (κ1) is 19.3. The number of ketones is 2. The van der Waals surface area contributed by atoms with Gasteiger partial charge in [-0.15, -0.1) is 0 Å². The Balaban J connectivity index is 1.89. The Bertz CT molecular complexity index is 1240. The number of phenolic OH excluding ortho intramolecular Hbond substituents is 1. The molecule has 0 fully saturated rings. The van der Waals surface area contributed by atoms with Crippen molar-refractivity contribution in [3.8, 4) is 11.7 Å². The second-order valence-electron chi connectivity index (χ2n) is 7.32. The van der Waals surface area contributed by atoms with Crippen LogP contribution >= 0.6 is 0 Å². The molecule has 0 spiro atoms. The summed E-state index contributed by atoms with van der Waals surface area (Å²) in [4.78, 5) is 41.7. The Hall–Kier alpha value is -4.01. The van der Waals surface area contributed by atoms with Crippen LogP contribution < -0.4 is 4.90 Å². The zero-order valence-electron chi connectivity index (χ0n) is 16.6. The number of ether oxygens (including phenoxy) is 1. The first-order chi connectivity index (χ1) is 14.1. The van der Waals surface area contributed by atoms with Crippen molar-refractivity contribution in [1.29, 1.82) is 0 Å². The summed E-state index contributed by atoms with van der Waals surface area (Å²) in [6.45, 7) is 0. The number of furan rings is 1. The average Bonchev–Trinajstić information content (AvgIpc) is 3.17. The molecule has 4 rings (SSSR count). The predicted octanol–water partition coefficient (Wildman–Crippen LogP) is 1.86. The van der Waals surface area contributed by atoms with Crippen molar-refractivity contribution < 1.29 is 33.8 Å². The lowest BCUT2D eigenvalue weighted by Crippen LogP contribution is -2.18. The zero-order valence-corrected chi connectivity index (χ0v) is 16.6. The second-order valence-corrected chi connectivity index (χ2v) is 7.32. The van der Waals surface area contributed by atoms with Crippen LogP contribution in [0.2, 0.25) is 0 Å². The predicted molar refractivity (Wildman–Crippen MR) is 106 cm³/mol. The minimum Gasteiger partial charge on any atom is -0.507 e. The first-order valence-corrected chi connectivity index (χ1v) is 8.92. The minimum absolute atomic E-state index is 0.0362. The third-order valence-electron chi connectivity index (χ3n) is 4.93. The van der Waals surface area contributed by atoms with E-state index < -0.39 is 34.6 Å². The van der Waals surface area contributed by atoms with Gasteiger partial charge in [0.2, 0.25) is 5.78 Å². The van der Waals surface area contributed by atoms with E-state index in [2.05, 4.69) is 0 Å². The third kappa shape index (κ3) is 2.74. The lowest BCUT2D eigenvalue weighted by atomic mass is 9.93. The number of phenols is 1. The van der Waals surface area contributed by atoms with Crippen molar-refractivity contribution in [2.75, 3.05) is 33.1 Å². The van der Waals surface area contributed by atoms with Crippen LogP contribution in [0.25, 0.3) is 11.0 Å². The maximum Gasteiger partial charge on any atom is 0.348 e. The fraction of sp³-hybridized carbons (Fsp3) is 0.190. The minimum atomic E-state index is -1.01. The van der Waals surface area contributed by atoms with Crippen molar-refractivity contribution in [3.63, 3.8) is 0 Å². The molecule has 0 saturated carbocycles. The monoisotopic (exact) mass is 410 g/mol. The van der Waals surface area contributed by atoms with Gasteiger partial charge in [0.15, 0.2) is 5.78 Å². The Kier molecular flexibility index (Phi) is 4.19. The average molecular weight is 410 g/mol. The lowest BCUT2D eigenvalue weighted by molar-refractivity contribution is -0.132. The number of likely N-dealkylation sites (N-methyl/N-ethyl adjacent to an activating group) is 1. The number of nitrogens with zero attached hydrogens (tertiary/aromatic N) is 2. The molecule has 9 heteroatoms. The van der Waals surface area contributed by atoms with Crippen LogP contribution in [0.3, 0.4) is 0 Å². The van der Waals surface area contributed by atoms with E-state index in [4.69, 9.17) is 9.15 Å². The number of rotatable bonds is 4. The Morgan fingerprint density at radius 3 is 2.33 bits per heavy atom. The maximum atomic E-state index is 13.2. The zero-order chi connectivity index (χ0) is 21.9. The highest BCUT2D eigenvalue weighted by Crippen LogP contribution is 2.42. The fourth-order valence-electron chi connectivity index (χ4n) is 3.39. The highest BCUT2D eigenvalue weighted by molar-refractivity contribution is 6.35. The van der Waals surface area contributed by atoms with Gasteiger partial charge in [0.25, 0.3) is 5.95 Å². The quantitative estimate of drug-likeness (QED) is 0.442. The van der Waals surface area contributed by atoms with Crippen molar-refractivity contribution in [1.82, 2.24) is 4.90 Å². The number of allylic oxidation sites excluding steroid dienone is 3.